The van der Waals surface area contributed by atoms with Gasteiger partial charge in [-0.25, -0.2) is 8.42 Å². The number of methoxy groups -OCH3 is 1. The van der Waals surface area contributed by atoms with E-state index in [4.69, 9.17) is 10.5 Å². The van der Waals surface area contributed by atoms with Crippen molar-refractivity contribution >= 4 is 27.3 Å². The van der Waals surface area contributed by atoms with E-state index in [0.717, 1.165) is 5.69 Å². The van der Waals surface area contributed by atoms with Crippen molar-refractivity contribution in [2.24, 2.45) is 5.73 Å². The van der Waals surface area contributed by atoms with Crippen molar-refractivity contribution < 1.29 is 22.7 Å². The number of ether oxygens (including phenoxy) is 1. The van der Waals surface area contributed by atoms with Crippen molar-refractivity contribution in [3.63, 3.8) is 0 Å². The highest BCUT2D eigenvalue weighted by Gasteiger charge is 2.29. The van der Waals surface area contributed by atoms with Crippen LogP contribution < -0.4 is 20.7 Å². The minimum absolute atomic E-state index is 0.0101. The van der Waals surface area contributed by atoms with Crippen molar-refractivity contribution in [3.05, 3.63) is 24.3 Å². The Morgan fingerprint density at radius 1 is 1.32 bits per heavy atom. The second-order valence-electron chi connectivity index (χ2n) is 6.00. The number of nitrogens with zero attached hydrogens (tertiary/aromatic N) is 1. The maximum absolute atomic E-state index is 12.3. The molecule has 2 rings (SSSR count). The number of benzene rings is 1. The minimum atomic E-state index is -3.05. The summed E-state index contributed by atoms with van der Waals surface area (Å²) in [6.07, 6.45) is 0.537. The van der Waals surface area contributed by atoms with Gasteiger partial charge < -0.3 is 20.7 Å². The van der Waals surface area contributed by atoms with Crippen LogP contribution in [0.3, 0.4) is 0 Å². The number of nitrogens with two attached hydrogens (primary N) is 1. The van der Waals surface area contributed by atoms with E-state index in [1.54, 1.807) is 36.3 Å². The van der Waals surface area contributed by atoms with E-state index in [0.29, 0.717) is 12.2 Å². The topological polar surface area (TPSA) is 119 Å². The van der Waals surface area contributed by atoms with Crippen molar-refractivity contribution in [1.29, 1.82) is 0 Å². The highest BCUT2D eigenvalue weighted by Crippen LogP contribution is 2.19. The molecule has 1 unspecified atom stereocenters. The SMILES string of the molecule is COc1ccc(N(CCC(N)=O)CC(=O)NC2CCS(=O)(=O)C2)cc1. The summed E-state index contributed by atoms with van der Waals surface area (Å²) in [5.74, 6) is 0.00657. The molecule has 9 heteroatoms. The number of amides is 2. The summed E-state index contributed by atoms with van der Waals surface area (Å²) in [7, 11) is -1.50. The Morgan fingerprint density at radius 3 is 2.52 bits per heavy atom. The van der Waals surface area contributed by atoms with E-state index in [2.05, 4.69) is 5.32 Å². The lowest BCUT2D eigenvalue weighted by molar-refractivity contribution is -0.121. The first-order chi connectivity index (χ1) is 11.8. The zero-order chi connectivity index (χ0) is 18.4. The van der Waals surface area contributed by atoms with Crippen LogP contribution in [-0.2, 0) is 19.4 Å². The minimum Gasteiger partial charge on any atom is -0.497 e. The molecule has 3 N–H and O–H groups in total. The number of anilines is 1. The first-order valence-electron chi connectivity index (χ1n) is 7.96. The van der Waals surface area contributed by atoms with E-state index in [1.165, 1.54) is 0 Å². The molecule has 1 saturated heterocycles. The molecule has 1 fully saturated rings. The van der Waals surface area contributed by atoms with Crippen LogP contribution >= 0.6 is 0 Å². The predicted molar refractivity (Wildman–Crippen MR) is 94.2 cm³/mol. The quantitative estimate of drug-likeness (QED) is 0.648. The second kappa shape index (κ2) is 8.19. The number of hydrogen-bond acceptors (Lipinski definition) is 6. The fourth-order valence-electron chi connectivity index (χ4n) is 2.69. The van der Waals surface area contributed by atoms with Gasteiger partial charge in [0.2, 0.25) is 11.8 Å². The van der Waals surface area contributed by atoms with Crippen LogP contribution in [0.15, 0.2) is 24.3 Å². The Hall–Kier alpha value is -2.29. The standard InChI is InChI=1S/C16H23N3O5S/c1-24-14-4-2-13(3-5-14)19(8-6-15(17)20)10-16(21)18-12-7-9-25(22,23)11-12/h2-5,12H,6-11H2,1H3,(H2,17,20)(H,18,21). The van der Waals surface area contributed by atoms with Crippen LogP contribution in [0.1, 0.15) is 12.8 Å². The summed E-state index contributed by atoms with van der Waals surface area (Å²) in [6.45, 7) is 0.300. The fourth-order valence-corrected chi connectivity index (χ4v) is 4.37. The molecule has 1 aliphatic heterocycles. The lowest BCUT2D eigenvalue weighted by atomic mass is 10.2. The molecule has 0 spiro atoms. The van der Waals surface area contributed by atoms with Crippen LogP contribution in [0, 0.1) is 0 Å². The van der Waals surface area contributed by atoms with E-state index in [-0.39, 0.29) is 43.0 Å². The number of sulfone groups is 1. The van der Waals surface area contributed by atoms with Crippen LogP contribution in [-0.4, -0.2) is 58.0 Å². The van der Waals surface area contributed by atoms with E-state index < -0.39 is 15.7 Å². The van der Waals surface area contributed by atoms with Gasteiger partial charge in [0, 0.05) is 24.7 Å². The molecule has 0 radical (unpaired) electrons. The summed E-state index contributed by atoms with van der Waals surface area (Å²) < 4.78 is 28.1. The Morgan fingerprint density at radius 2 is 2.00 bits per heavy atom. The zero-order valence-corrected chi connectivity index (χ0v) is 14.9. The van der Waals surface area contributed by atoms with Gasteiger partial charge in [0.25, 0.3) is 0 Å². The van der Waals surface area contributed by atoms with Crippen molar-refractivity contribution in [2.75, 3.05) is 36.6 Å². The molecule has 8 nitrogen and oxygen atoms in total. The largest absolute Gasteiger partial charge is 0.497 e. The highest BCUT2D eigenvalue weighted by molar-refractivity contribution is 7.91. The molecule has 1 heterocycles. The van der Waals surface area contributed by atoms with E-state index in [9.17, 15) is 18.0 Å². The molecule has 138 valence electrons. The molecular formula is C16H23N3O5S. The molecule has 2 amide bonds. The van der Waals surface area contributed by atoms with E-state index in [1.807, 2.05) is 0 Å². The maximum Gasteiger partial charge on any atom is 0.239 e. The van der Waals surface area contributed by atoms with Crippen molar-refractivity contribution in [1.82, 2.24) is 5.32 Å². The molecule has 0 aromatic heterocycles. The molecule has 1 atom stereocenters. The lowest BCUT2D eigenvalue weighted by Crippen LogP contribution is -2.43. The summed E-state index contributed by atoms with van der Waals surface area (Å²) in [6, 6.07) is 6.73. The molecule has 1 aliphatic rings. The lowest BCUT2D eigenvalue weighted by Gasteiger charge is -2.24. The fraction of sp³-hybridized carbons (Fsp3) is 0.500. The number of carbonyl (C=O) groups is 2. The number of rotatable bonds is 8. The molecule has 0 bridgehead atoms. The number of carbonyl (C=O) groups excluding carboxylic acids is 2. The Balaban J connectivity index is 2.01. The second-order valence-corrected chi connectivity index (χ2v) is 8.23. The smallest absolute Gasteiger partial charge is 0.239 e. The number of primary amides is 1. The van der Waals surface area contributed by atoms with Crippen LogP contribution in [0.25, 0.3) is 0 Å². The third-order valence-electron chi connectivity index (χ3n) is 4.00. The van der Waals surface area contributed by atoms with Gasteiger partial charge in [-0.15, -0.1) is 0 Å². The normalized spacial score (nSPS) is 18.5. The van der Waals surface area contributed by atoms with Crippen LogP contribution in [0.4, 0.5) is 5.69 Å². The van der Waals surface area contributed by atoms with Gasteiger partial charge in [0.1, 0.15) is 5.75 Å². The first-order valence-corrected chi connectivity index (χ1v) is 9.78. The number of nitrogens with one attached hydrogen (secondary N) is 1. The highest BCUT2D eigenvalue weighted by atomic mass is 32.2. The molecule has 0 saturated carbocycles. The third kappa shape index (κ3) is 5.93. The maximum atomic E-state index is 12.3. The van der Waals surface area contributed by atoms with Gasteiger partial charge >= 0.3 is 0 Å². The predicted octanol–water partition coefficient (Wildman–Crippen LogP) is -0.320. The van der Waals surface area contributed by atoms with Crippen molar-refractivity contribution in [3.8, 4) is 5.75 Å². The van der Waals surface area contributed by atoms with Gasteiger partial charge in [-0.2, -0.15) is 0 Å². The molecule has 25 heavy (non-hydrogen) atoms. The van der Waals surface area contributed by atoms with Gasteiger partial charge in [-0.05, 0) is 30.7 Å². The Bertz CT molecular complexity index is 718. The Kier molecular flexibility index (Phi) is 6.24. The monoisotopic (exact) mass is 369 g/mol. The third-order valence-corrected chi connectivity index (χ3v) is 5.77. The zero-order valence-electron chi connectivity index (χ0n) is 14.1. The summed E-state index contributed by atoms with van der Waals surface area (Å²) in [5, 5.41) is 2.74. The van der Waals surface area contributed by atoms with Crippen LogP contribution in [0.5, 0.6) is 5.75 Å². The molecular weight excluding hydrogens is 346 g/mol. The summed E-state index contributed by atoms with van der Waals surface area (Å²) >= 11 is 0. The molecule has 1 aromatic carbocycles. The average Bonchev–Trinajstić information content (AvgIpc) is 2.90. The molecule has 0 aliphatic carbocycles. The first kappa shape index (κ1) is 19.0. The van der Waals surface area contributed by atoms with Crippen LogP contribution in [0.2, 0.25) is 0 Å². The number of hydrogen-bond donors (Lipinski definition) is 2. The van der Waals surface area contributed by atoms with Gasteiger partial charge in [0.15, 0.2) is 9.84 Å². The average molecular weight is 369 g/mol. The van der Waals surface area contributed by atoms with E-state index >= 15 is 0 Å². The van der Waals surface area contributed by atoms with Crippen molar-refractivity contribution in [2.45, 2.75) is 18.9 Å². The van der Waals surface area contributed by atoms with Gasteiger partial charge in [-0.3, -0.25) is 9.59 Å². The van der Waals surface area contributed by atoms with Gasteiger partial charge in [0.05, 0.1) is 25.2 Å². The summed E-state index contributed by atoms with van der Waals surface area (Å²) in [5.41, 5.74) is 5.95. The summed E-state index contributed by atoms with van der Waals surface area (Å²) in [4.78, 5) is 25.1. The Labute approximate surface area is 147 Å². The molecule has 1 aromatic rings. The van der Waals surface area contributed by atoms with Gasteiger partial charge in [-0.1, -0.05) is 0 Å².